The molecule has 33 heavy (non-hydrogen) atoms. The van der Waals surface area contributed by atoms with Crippen molar-refractivity contribution in [1.82, 2.24) is 25.3 Å². The van der Waals surface area contributed by atoms with E-state index in [0.29, 0.717) is 17.6 Å². The highest BCUT2D eigenvalue weighted by molar-refractivity contribution is 6.07. The lowest BCUT2D eigenvalue weighted by molar-refractivity contribution is 0.0944. The Kier molecular flexibility index (Phi) is 6.34. The van der Waals surface area contributed by atoms with Gasteiger partial charge in [0.15, 0.2) is 5.69 Å². The van der Waals surface area contributed by atoms with E-state index in [1.165, 1.54) is 18.5 Å². The molecular formula is C23H28FN7O2. The molecule has 2 fully saturated rings. The van der Waals surface area contributed by atoms with E-state index in [2.05, 4.69) is 35.1 Å². The smallest absolute Gasteiger partial charge is 0.274 e. The van der Waals surface area contributed by atoms with E-state index >= 15 is 0 Å². The van der Waals surface area contributed by atoms with Crippen LogP contribution in [-0.4, -0.2) is 78.3 Å². The molecule has 0 bridgehead atoms. The molecule has 5 rings (SSSR count). The summed E-state index contributed by atoms with van der Waals surface area (Å²) in [6.45, 7) is 6.97. The van der Waals surface area contributed by atoms with Crippen molar-refractivity contribution in [3.63, 3.8) is 0 Å². The highest BCUT2D eigenvalue weighted by Gasteiger charge is 2.25. The first-order valence-electron chi connectivity index (χ1n) is 11.6. The first-order chi connectivity index (χ1) is 16.2. The Hall–Kier alpha value is -3.27. The Bertz CT molecular complexity index is 1090. The fourth-order valence-corrected chi connectivity index (χ4v) is 4.57. The van der Waals surface area contributed by atoms with Gasteiger partial charge >= 0.3 is 0 Å². The number of aromatic nitrogens is 3. The average Bonchev–Trinajstić information content (AvgIpc) is 3.53. The molecule has 0 saturated carbocycles. The van der Waals surface area contributed by atoms with Crippen LogP contribution < -0.4 is 15.1 Å². The largest absolute Gasteiger partial charge is 0.369 e. The fraction of sp³-hybridized carbons (Fsp3) is 0.478. The monoisotopic (exact) mass is 453 g/mol. The van der Waals surface area contributed by atoms with Crippen molar-refractivity contribution in [2.75, 3.05) is 62.2 Å². The van der Waals surface area contributed by atoms with Gasteiger partial charge in [0.05, 0.1) is 0 Å². The number of carbonyl (C=O) groups excluding carboxylic acids is 1. The number of rotatable bonds is 7. The second-order valence-corrected chi connectivity index (χ2v) is 8.52. The van der Waals surface area contributed by atoms with Crippen LogP contribution in [0.15, 0.2) is 35.1 Å². The Balaban J connectivity index is 1.11. The highest BCUT2D eigenvalue weighted by atomic mass is 19.1. The van der Waals surface area contributed by atoms with E-state index in [-0.39, 0.29) is 17.4 Å². The Morgan fingerprint density at radius 3 is 2.52 bits per heavy atom. The van der Waals surface area contributed by atoms with Crippen molar-refractivity contribution in [2.45, 2.75) is 19.3 Å². The number of nitrogens with zero attached hydrogens (tertiary/aromatic N) is 6. The first kappa shape index (κ1) is 21.6. The topological polar surface area (TPSA) is 90.6 Å². The Labute approximate surface area is 191 Å². The lowest BCUT2D eigenvalue weighted by Gasteiger charge is -2.36. The number of carbonyl (C=O) groups is 1. The first-order valence-corrected chi connectivity index (χ1v) is 11.6. The highest BCUT2D eigenvalue weighted by Crippen LogP contribution is 2.28. The number of hydrogen-bond acceptors (Lipinski definition) is 8. The minimum atomic E-state index is -0.259. The number of anilines is 2. The van der Waals surface area contributed by atoms with Gasteiger partial charge in [0.2, 0.25) is 0 Å². The standard InChI is InChI=1S/C23H28FN7O2/c24-17-4-6-18(7-5-17)30-14-12-29(13-15-30)9-3-8-25-22(32)20-19-21(31-10-1-2-11-31)26-16-27-23(19)33-28-20/h4-7,16H,1-3,8-15H2,(H,25,32). The SMILES string of the molecule is O=C(NCCCN1CCN(c2ccc(F)cc2)CC1)c1noc2ncnc(N3CCCC3)c12. The molecule has 1 aromatic carbocycles. The van der Waals surface area contributed by atoms with E-state index < -0.39 is 0 Å². The number of piperazine rings is 1. The summed E-state index contributed by atoms with van der Waals surface area (Å²) < 4.78 is 18.4. The lowest BCUT2D eigenvalue weighted by atomic mass is 10.2. The number of fused-ring (bicyclic) bond motifs is 1. The van der Waals surface area contributed by atoms with E-state index in [0.717, 1.165) is 76.6 Å². The van der Waals surface area contributed by atoms with Crippen molar-refractivity contribution in [3.8, 4) is 0 Å². The van der Waals surface area contributed by atoms with Crippen LogP contribution in [0, 0.1) is 5.82 Å². The number of benzene rings is 1. The van der Waals surface area contributed by atoms with E-state index in [4.69, 9.17) is 4.52 Å². The van der Waals surface area contributed by atoms with Crippen molar-refractivity contribution in [2.24, 2.45) is 0 Å². The molecular weight excluding hydrogens is 425 g/mol. The van der Waals surface area contributed by atoms with Crippen molar-refractivity contribution in [3.05, 3.63) is 42.1 Å². The zero-order chi connectivity index (χ0) is 22.6. The fourth-order valence-electron chi connectivity index (χ4n) is 4.57. The molecule has 174 valence electrons. The summed E-state index contributed by atoms with van der Waals surface area (Å²) in [5, 5.41) is 7.54. The summed E-state index contributed by atoms with van der Waals surface area (Å²) in [6, 6.07) is 6.66. The predicted molar refractivity (Wildman–Crippen MR) is 123 cm³/mol. The van der Waals surface area contributed by atoms with Gasteiger partial charge < -0.3 is 19.6 Å². The van der Waals surface area contributed by atoms with Gasteiger partial charge in [-0.25, -0.2) is 9.37 Å². The van der Waals surface area contributed by atoms with Gasteiger partial charge in [-0.2, -0.15) is 4.98 Å². The summed E-state index contributed by atoms with van der Waals surface area (Å²) in [6.07, 6.45) is 4.51. The minimum Gasteiger partial charge on any atom is -0.369 e. The summed E-state index contributed by atoms with van der Waals surface area (Å²) in [5.41, 5.74) is 1.65. The van der Waals surface area contributed by atoms with Crippen LogP contribution >= 0.6 is 0 Å². The molecule has 1 amide bonds. The molecule has 2 aliphatic heterocycles. The normalized spacial score (nSPS) is 17.1. The average molecular weight is 454 g/mol. The third-order valence-electron chi connectivity index (χ3n) is 6.37. The van der Waals surface area contributed by atoms with Crippen LogP contribution in [0.5, 0.6) is 0 Å². The van der Waals surface area contributed by atoms with Gasteiger partial charge in [-0.15, -0.1) is 0 Å². The molecule has 2 saturated heterocycles. The van der Waals surface area contributed by atoms with Crippen LogP contribution in [0.2, 0.25) is 0 Å². The Morgan fingerprint density at radius 1 is 1.00 bits per heavy atom. The van der Waals surface area contributed by atoms with Gasteiger partial charge in [0.25, 0.3) is 11.6 Å². The maximum Gasteiger partial charge on any atom is 0.274 e. The quantitative estimate of drug-likeness (QED) is 0.545. The van der Waals surface area contributed by atoms with Gasteiger partial charge in [-0.05, 0) is 50.1 Å². The predicted octanol–water partition coefficient (Wildman–Crippen LogP) is 2.30. The second kappa shape index (κ2) is 9.70. The van der Waals surface area contributed by atoms with E-state index in [1.807, 2.05) is 12.1 Å². The molecule has 0 radical (unpaired) electrons. The third-order valence-corrected chi connectivity index (χ3v) is 6.37. The molecule has 0 atom stereocenters. The zero-order valence-corrected chi connectivity index (χ0v) is 18.5. The maximum atomic E-state index is 13.1. The maximum absolute atomic E-state index is 13.1. The van der Waals surface area contributed by atoms with Gasteiger partial charge in [0.1, 0.15) is 23.3 Å². The van der Waals surface area contributed by atoms with Gasteiger partial charge in [-0.3, -0.25) is 9.69 Å². The van der Waals surface area contributed by atoms with Crippen LogP contribution in [0.3, 0.4) is 0 Å². The van der Waals surface area contributed by atoms with Crippen LogP contribution in [0.4, 0.5) is 15.9 Å². The third kappa shape index (κ3) is 4.75. The summed E-state index contributed by atoms with van der Waals surface area (Å²) in [4.78, 5) is 28.2. The summed E-state index contributed by atoms with van der Waals surface area (Å²) in [5.74, 6) is 0.255. The minimum absolute atomic E-state index is 0.210. The van der Waals surface area contributed by atoms with E-state index in [1.54, 1.807) is 0 Å². The molecule has 2 aromatic heterocycles. The molecule has 0 aliphatic carbocycles. The van der Waals surface area contributed by atoms with Crippen LogP contribution in [0.25, 0.3) is 11.1 Å². The number of nitrogens with one attached hydrogen (secondary N) is 1. The van der Waals surface area contributed by atoms with Gasteiger partial charge in [-0.1, -0.05) is 5.16 Å². The molecule has 0 spiro atoms. The van der Waals surface area contributed by atoms with Crippen molar-refractivity contribution < 1.29 is 13.7 Å². The molecule has 0 unspecified atom stereocenters. The summed E-state index contributed by atoms with van der Waals surface area (Å²) in [7, 11) is 0. The number of halogens is 1. The number of hydrogen-bond donors (Lipinski definition) is 1. The molecule has 9 nitrogen and oxygen atoms in total. The molecule has 4 heterocycles. The zero-order valence-electron chi connectivity index (χ0n) is 18.5. The molecule has 3 aromatic rings. The van der Waals surface area contributed by atoms with Crippen molar-refractivity contribution >= 4 is 28.5 Å². The Morgan fingerprint density at radius 2 is 1.76 bits per heavy atom. The lowest BCUT2D eigenvalue weighted by Crippen LogP contribution is -2.47. The van der Waals surface area contributed by atoms with Crippen LogP contribution in [-0.2, 0) is 0 Å². The second-order valence-electron chi connectivity index (χ2n) is 8.52. The van der Waals surface area contributed by atoms with Gasteiger partial charge in [0, 0.05) is 51.5 Å². The number of amides is 1. The van der Waals surface area contributed by atoms with Crippen molar-refractivity contribution in [1.29, 1.82) is 0 Å². The molecule has 10 heteroatoms. The molecule has 1 N–H and O–H groups in total. The van der Waals surface area contributed by atoms with E-state index in [9.17, 15) is 9.18 Å². The van der Waals surface area contributed by atoms with Crippen LogP contribution in [0.1, 0.15) is 29.8 Å². The summed E-state index contributed by atoms with van der Waals surface area (Å²) >= 11 is 0. The molecule has 2 aliphatic rings.